The first-order chi connectivity index (χ1) is 18.6. The van der Waals surface area contributed by atoms with Gasteiger partial charge in [0.25, 0.3) is 0 Å². The Morgan fingerprint density at radius 2 is 1.15 bits per heavy atom. The average Bonchev–Trinajstić information content (AvgIpc) is 3.53. The molecule has 0 aromatic heterocycles. The molecule has 2 aromatic rings. The second-order valence-corrected chi connectivity index (χ2v) is 10.8. The normalized spacial score (nSPS) is 26.3. The van der Waals surface area contributed by atoms with E-state index in [1.807, 2.05) is 52.0 Å². The molecule has 7 N–H and O–H groups in total. The maximum absolute atomic E-state index is 12.3. The van der Waals surface area contributed by atoms with E-state index in [1.165, 1.54) is 22.3 Å². The summed E-state index contributed by atoms with van der Waals surface area (Å²) >= 11 is 0. The van der Waals surface area contributed by atoms with E-state index < -0.39 is 17.7 Å². The summed E-state index contributed by atoms with van der Waals surface area (Å²) in [7, 11) is 0. The fraction of sp³-hybridized carbons (Fsp3) is 0.552. The highest BCUT2D eigenvalue weighted by molar-refractivity contribution is 5.79. The van der Waals surface area contributed by atoms with E-state index in [1.54, 1.807) is 0 Å². The molecule has 2 aliphatic heterocycles. The van der Waals surface area contributed by atoms with Gasteiger partial charge in [-0.25, -0.2) is 4.79 Å². The quantitative estimate of drug-likeness (QED) is 0.413. The molecule has 5 rings (SSSR count). The summed E-state index contributed by atoms with van der Waals surface area (Å²) in [5, 5.41) is 2.78. The second kappa shape index (κ2) is 12.3. The Kier molecular flexibility index (Phi) is 9.28. The molecular formula is C29H42N4O6. The maximum atomic E-state index is 12.3. The standard InChI is InChI=1S/C22H26N2O4.C7H16N2O2/c1-22(2)27-19(11-23)20(28-22)12-24-21(25)26-13-18-16-9-5-3-7-14(16)15-8-4-6-10-17(15)18;1-7(2)10-5(3-8)6(4-9)11-7/h3-10,18-20H,11-13,23H2,1-2H3,(H,24,25);5-6H,3-4,8-9H2,1-2H3/t19-,20+;5-,6+/m1./s1. The third kappa shape index (κ3) is 6.96. The summed E-state index contributed by atoms with van der Waals surface area (Å²) < 4.78 is 28.0. The van der Waals surface area contributed by atoms with E-state index in [0.717, 1.165) is 0 Å². The van der Waals surface area contributed by atoms with Gasteiger partial charge in [-0.2, -0.15) is 0 Å². The van der Waals surface area contributed by atoms with Gasteiger partial charge in [-0.15, -0.1) is 0 Å². The van der Waals surface area contributed by atoms with Gasteiger partial charge in [-0.05, 0) is 49.9 Å². The van der Waals surface area contributed by atoms with Crippen molar-refractivity contribution in [2.75, 3.05) is 32.8 Å². The Bertz CT molecular complexity index is 1070. The van der Waals surface area contributed by atoms with Crippen LogP contribution in [0.4, 0.5) is 4.79 Å². The third-order valence-electron chi connectivity index (χ3n) is 7.06. The molecule has 4 atom stereocenters. The summed E-state index contributed by atoms with van der Waals surface area (Å²) in [5.41, 5.74) is 21.4. The summed E-state index contributed by atoms with van der Waals surface area (Å²) in [6.45, 7) is 9.25. The first kappa shape index (κ1) is 29.4. The number of nitrogens with one attached hydrogen (secondary N) is 1. The summed E-state index contributed by atoms with van der Waals surface area (Å²) in [6, 6.07) is 16.5. The van der Waals surface area contributed by atoms with Gasteiger partial charge in [0.05, 0.1) is 0 Å². The van der Waals surface area contributed by atoms with Crippen molar-refractivity contribution in [2.45, 2.75) is 69.6 Å². The highest BCUT2D eigenvalue weighted by atomic mass is 16.8. The number of hydrogen-bond acceptors (Lipinski definition) is 9. The van der Waals surface area contributed by atoms with Crippen LogP contribution in [0.5, 0.6) is 0 Å². The molecule has 39 heavy (non-hydrogen) atoms. The molecule has 2 heterocycles. The van der Waals surface area contributed by atoms with Gasteiger partial charge >= 0.3 is 6.09 Å². The van der Waals surface area contributed by atoms with E-state index in [2.05, 4.69) is 29.6 Å². The first-order valence-corrected chi connectivity index (χ1v) is 13.5. The Hall–Kier alpha value is -2.57. The number of carbonyl (C=O) groups excluding carboxylic acids is 1. The van der Waals surface area contributed by atoms with Crippen LogP contribution in [0.15, 0.2) is 48.5 Å². The Morgan fingerprint density at radius 3 is 1.62 bits per heavy atom. The van der Waals surface area contributed by atoms with E-state index in [0.29, 0.717) is 26.2 Å². The molecule has 2 saturated heterocycles. The Morgan fingerprint density at radius 1 is 0.744 bits per heavy atom. The lowest BCUT2D eigenvalue weighted by molar-refractivity contribution is -0.145. The van der Waals surface area contributed by atoms with Crippen molar-refractivity contribution in [3.05, 3.63) is 59.7 Å². The zero-order chi connectivity index (χ0) is 28.2. The van der Waals surface area contributed by atoms with Crippen LogP contribution < -0.4 is 22.5 Å². The van der Waals surface area contributed by atoms with Gasteiger partial charge in [-0.1, -0.05) is 48.5 Å². The number of benzene rings is 2. The minimum Gasteiger partial charge on any atom is -0.449 e. The lowest BCUT2D eigenvalue weighted by Gasteiger charge is -2.18. The molecule has 10 nitrogen and oxygen atoms in total. The summed E-state index contributed by atoms with van der Waals surface area (Å²) in [6.07, 6.45) is -1.10. The number of rotatable bonds is 7. The highest BCUT2D eigenvalue weighted by Gasteiger charge is 2.41. The van der Waals surface area contributed by atoms with Crippen molar-refractivity contribution >= 4 is 6.09 Å². The Labute approximate surface area is 230 Å². The number of ether oxygens (including phenoxy) is 5. The molecule has 0 bridgehead atoms. The third-order valence-corrected chi connectivity index (χ3v) is 7.06. The molecule has 1 amide bonds. The summed E-state index contributed by atoms with van der Waals surface area (Å²) in [5.74, 6) is -1.18. The van der Waals surface area contributed by atoms with Crippen molar-refractivity contribution in [3.63, 3.8) is 0 Å². The molecule has 1 aliphatic carbocycles. The second-order valence-electron chi connectivity index (χ2n) is 10.8. The lowest BCUT2D eigenvalue weighted by atomic mass is 9.98. The number of hydrogen-bond donors (Lipinski definition) is 4. The van der Waals surface area contributed by atoms with Crippen LogP contribution in [0.2, 0.25) is 0 Å². The molecule has 0 radical (unpaired) electrons. The molecule has 214 valence electrons. The molecule has 2 aromatic carbocycles. The van der Waals surface area contributed by atoms with Crippen molar-refractivity contribution in [1.29, 1.82) is 0 Å². The monoisotopic (exact) mass is 542 g/mol. The van der Waals surface area contributed by atoms with E-state index in [4.69, 9.17) is 40.9 Å². The number of fused-ring (bicyclic) bond motifs is 3. The van der Waals surface area contributed by atoms with Gasteiger partial charge in [0.15, 0.2) is 11.6 Å². The number of amides is 1. The smallest absolute Gasteiger partial charge is 0.407 e. The van der Waals surface area contributed by atoms with Crippen LogP contribution in [-0.2, 0) is 23.7 Å². The number of carbonyl (C=O) groups is 1. The molecule has 3 aliphatic rings. The Balaban J connectivity index is 0.000000270. The fourth-order valence-electron chi connectivity index (χ4n) is 5.42. The van der Waals surface area contributed by atoms with Gasteiger partial charge in [-0.3, -0.25) is 0 Å². The van der Waals surface area contributed by atoms with Crippen LogP contribution in [0.25, 0.3) is 11.1 Å². The van der Waals surface area contributed by atoms with Crippen LogP contribution in [0.3, 0.4) is 0 Å². The molecule has 0 spiro atoms. The zero-order valence-corrected chi connectivity index (χ0v) is 23.2. The zero-order valence-electron chi connectivity index (χ0n) is 23.2. The molecular weight excluding hydrogens is 500 g/mol. The molecule has 0 unspecified atom stereocenters. The van der Waals surface area contributed by atoms with Crippen molar-refractivity contribution < 1.29 is 28.5 Å². The van der Waals surface area contributed by atoms with E-state index in [-0.39, 0.29) is 36.9 Å². The van der Waals surface area contributed by atoms with Gasteiger partial charge in [0.1, 0.15) is 31.0 Å². The van der Waals surface area contributed by atoms with Crippen LogP contribution in [0, 0.1) is 0 Å². The maximum Gasteiger partial charge on any atom is 0.407 e. The van der Waals surface area contributed by atoms with Crippen molar-refractivity contribution in [1.82, 2.24) is 5.32 Å². The van der Waals surface area contributed by atoms with Gasteiger partial charge in [0, 0.05) is 32.1 Å². The highest BCUT2D eigenvalue weighted by Crippen LogP contribution is 2.44. The largest absolute Gasteiger partial charge is 0.449 e. The van der Waals surface area contributed by atoms with Crippen LogP contribution in [0.1, 0.15) is 44.7 Å². The number of alkyl carbamates (subject to hydrolysis) is 1. The SMILES string of the molecule is CC1(C)O[C@@H](CN)[C@@H](CN)O1.CC1(C)O[C@@H](CNC(=O)OCC2c3ccccc3-c3ccccc32)[C@@H](CN)O1. The van der Waals surface area contributed by atoms with Gasteiger partial charge < -0.3 is 46.2 Å². The van der Waals surface area contributed by atoms with Gasteiger partial charge in [0.2, 0.25) is 0 Å². The van der Waals surface area contributed by atoms with Crippen LogP contribution in [-0.4, -0.2) is 74.9 Å². The average molecular weight is 543 g/mol. The minimum absolute atomic E-state index is 0.0416. The molecule has 10 heteroatoms. The van der Waals surface area contributed by atoms with Crippen molar-refractivity contribution in [2.24, 2.45) is 17.2 Å². The van der Waals surface area contributed by atoms with Crippen LogP contribution >= 0.6 is 0 Å². The first-order valence-electron chi connectivity index (χ1n) is 13.5. The molecule has 2 fully saturated rings. The minimum atomic E-state index is -0.697. The lowest BCUT2D eigenvalue weighted by Crippen LogP contribution is -2.40. The topological polar surface area (TPSA) is 153 Å². The van der Waals surface area contributed by atoms with E-state index in [9.17, 15) is 4.79 Å². The van der Waals surface area contributed by atoms with E-state index >= 15 is 0 Å². The summed E-state index contributed by atoms with van der Waals surface area (Å²) in [4.78, 5) is 12.3. The fourth-order valence-corrected chi connectivity index (χ4v) is 5.42. The molecule has 0 saturated carbocycles. The van der Waals surface area contributed by atoms with Crippen molar-refractivity contribution in [3.8, 4) is 11.1 Å². The predicted molar refractivity (Wildman–Crippen MR) is 148 cm³/mol. The number of nitrogens with two attached hydrogens (primary N) is 3. The predicted octanol–water partition coefficient (Wildman–Crippen LogP) is 2.43.